The Labute approximate surface area is 181 Å². The van der Waals surface area contributed by atoms with Gasteiger partial charge in [-0.1, -0.05) is 24.3 Å². The molecule has 1 fully saturated rings. The molecule has 0 bridgehead atoms. The van der Waals surface area contributed by atoms with E-state index in [1.54, 1.807) is 24.3 Å². The first-order valence-electron chi connectivity index (χ1n) is 10.3. The van der Waals surface area contributed by atoms with E-state index in [-0.39, 0.29) is 17.7 Å². The number of hydrogen-bond acceptors (Lipinski definition) is 4. The van der Waals surface area contributed by atoms with E-state index in [9.17, 15) is 14.0 Å². The van der Waals surface area contributed by atoms with Crippen LogP contribution < -0.4 is 4.90 Å². The fraction of sp³-hybridized carbons (Fsp3) is 0.280. The van der Waals surface area contributed by atoms with Crippen LogP contribution >= 0.6 is 0 Å². The van der Waals surface area contributed by atoms with E-state index in [0.717, 1.165) is 41.3 Å². The molecule has 0 aliphatic carbocycles. The summed E-state index contributed by atoms with van der Waals surface area (Å²) in [6.45, 7) is 6.77. The Hall–Kier alpha value is -3.30. The van der Waals surface area contributed by atoms with Gasteiger partial charge in [0.2, 0.25) is 0 Å². The van der Waals surface area contributed by atoms with Gasteiger partial charge in [-0.3, -0.25) is 4.90 Å². The van der Waals surface area contributed by atoms with Crippen LogP contribution in [-0.2, 0) is 0 Å². The molecule has 0 saturated carbocycles. The SMILES string of the molecule is Cc1cc(C)c(C#N)c(N2CCN(C(c3ccc(F)cc3)c3ccc(F)cc3)CC2)n1. The molecule has 2 heterocycles. The molecule has 31 heavy (non-hydrogen) atoms. The summed E-state index contributed by atoms with van der Waals surface area (Å²) in [7, 11) is 0. The van der Waals surface area contributed by atoms with E-state index in [2.05, 4.69) is 20.9 Å². The monoisotopic (exact) mass is 418 g/mol. The normalized spacial score (nSPS) is 14.6. The first kappa shape index (κ1) is 21.0. The predicted octanol–water partition coefficient (Wildman–Crippen LogP) is 4.76. The Kier molecular flexibility index (Phi) is 5.97. The lowest BCUT2D eigenvalue weighted by atomic mass is 9.96. The van der Waals surface area contributed by atoms with Crippen molar-refractivity contribution in [1.29, 1.82) is 5.26 Å². The van der Waals surface area contributed by atoms with E-state index in [1.807, 2.05) is 19.9 Å². The summed E-state index contributed by atoms with van der Waals surface area (Å²) in [6.07, 6.45) is 0. The molecular formula is C25H24F2N4. The van der Waals surface area contributed by atoms with Crippen LogP contribution in [0.25, 0.3) is 0 Å². The predicted molar refractivity (Wildman–Crippen MR) is 117 cm³/mol. The number of piperazine rings is 1. The first-order valence-corrected chi connectivity index (χ1v) is 10.3. The van der Waals surface area contributed by atoms with Crippen molar-refractivity contribution in [3.05, 3.63) is 94.2 Å². The standard InChI is InChI=1S/C25H24F2N4/c1-17-15-18(2)29-25(23(17)16-28)31-13-11-30(12-14-31)24(19-3-7-21(26)8-4-19)20-5-9-22(27)10-6-20/h3-10,15,24H,11-14H2,1-2H3. The van der Waals surface area contributed by atoms with Crippen molar-refractivity contribution in [3.8, 4) is 6.07 Å². The molecule has 0 unspecified atom stereocenters. The smallest absolute Gasteiger partial charge is 0.147 e. The third-order valence-corrected chi connectivity index (χ3v) is 5.79. The second-order valence-corrected chi connectivity index (χ2v) is 7.92. The van der Waals surface area contributed by atoms with Gasteiger partial charge >= 0.3 is 0 Å². The van der Waals surface area contributed by atoms with Gasteiger partial charge in [0, 0.05) is 31.9 Å². The maximum Gasteiger partial charge on any atom is 0.147 e. The highest BCUT2D eigenvalue weighted by atomic mass is 19.1. The van der Waals surface area contributed by atoms with Crippen molar-refractivity contribution in [1.82, 2.24) is 9.88 Å². The molecule has 0 amide bonds. The number of halogens is 2. The zero-order valence-electron chi connectivity index (χ0n) is 17.6. The van der Waals surface area contributed by atoms with Crippen LogP contribution in [0.15, 0.2) is 54.6 Å². The lowest BCUT2D eigenvalue weighted by Gasteiger charge is -2.40. The molecule has 2 aromatic carbocycles. The van der Waals surface area contributed by atoms with Crippen molar-refractivity contribution in [3.63, 3.8) is 0 Å². The van der Waals surface area contributed by atoms with Crippen molar-refractivity contribution in [2.75, 3.05) is 31.1 Å². The molecule has 1 aliphatic rings. The number of aryl methyl sites for hydroxylation is 2. The largest absolute Gasteiger partial charge is 0.353 e. The summed E-state index contributed by atoms with van der Waals surface area (Å²) in [5.74, 6) is 0.174. The molecule has 1 saturated heterocycles. The minimum Gasteiger partial charge on any atom is -0.353 e. The van der Waals surface area contributed by atoms with E-state index in [1.165, 1.54) is 24.3 Å². The molecule has 3 aromatic rings. The molecule has 4 nitrogen and oxygen atoms in total. The van der Waals surface area contributed by atoms with Crippen LogP contribution in [0, 0.1) is 36.8 Å². The molecule has 6 heteroatoms. The van der Waals surface area contributed by atoms with Gasteiger partial charge in [-0.2, -0.15) is 5.26 Å². The summed E-state index contributed by atoms with van der Waals surface area (Å²) < 4.78 is 27.0. The summed E-state index contributed by atoms with van der Waals surface area (Å²) in [5.41, 5.74) is 4.37. The zero-order valence-corrected chi connectivity index (χ0v) is 17.6. The van der Waals surface area contributed by atoms with E-state index in [4.69, 9.17) is 0 Å². The van der Waals surface area contributed by atoms with Gasteiger partial charge in [-0.15, -0.1) is 0 Å². The Morgan fingerprint density at radius 1 is 0.871 bits per heavy atom. The average Bonchev–Trinajstić information content (AvgIpc) is 2.76. The third kappa shape index (κ3) is 4.42. The lowest BCUT2D eigenvalue weighted by Crippen LogP contribution is -2.48. The molecule has 0 spiro atoms. The molecule has 4 rings (SSSR count). The van der Waals surface area contributed by atoms with Crippen LogP contribution in [0.3, 0.4) is 0 Å². The van der Waals surface area contributed by atoms with Gasteiger partial charge in [-0.05, 0) is 60.9 Å². The highest BCUT2D eigenvalue weighted by Gasteiger charge is 2.28. The molecule has 0 radical (unpaired) electrons. The maximum atomic E-state index is 13.5. The summed E-state index contributed by atoms with van der Waals surface area (Å²) >= 11 is 0. The minimum atomic E-state index is -0.281. The topological polar surface area (TPSA) is 43.2 Å². The van der Waals surface area contributed by atoms with Gasteiger partial charge in [0.1, 0.15) is 23.5 Å². The second kappa shape index (κ2) is 8.83. The highest BCUT2D eigenvalue weighted by molar-refractivity contribution is 5.58. The number of anilines is 1. The number of hydrogen-bond donors (Lipinski definition) is 0. The third-order valence-electron chi connectivity index (χ3n) is 5.79. The van der Waals surface area contributed by atoms with E-state index in [0.29, 0.717) is 18.7 Å². The van der Waals surface area contributed by atoms with Crippen molar-refractivity contribution >= 4 is 5.82 Å². The molecule has 1 aromatic heterocycles. The number of aromatic nitrogens is 1. The quantitative estimate of drug-likeness (QED) is 0.613. The van der Waals surface area contributed by atoms with Crippen molar-refractivity contribution in [2.45, 2.75) is 19.9 Å². The second-order valence-electron chi connectivity index (χ2n) is 7.92. The van der Waals surface area contributed by atoms with Gasteiger partial charge in [-0.25, -0.2) is 13.8 Å². The number of pyridine rings is 1. The number of benzene rings is 2. The van der Waals surface area contributed by atoms with Crippen LogP contribution in [0.2, 0.25) is 0 Å². The summed E-state index contributed by atoms with van der Waals surface area (Å²) in [6, 6.07) is 17.1. The van der Waals surface area contributed by atoms with Crippen molar-refractivity contribution in [2.24, 2.45) is 0 Å². The Morgan fingerprint density at radius 2 is 1.39 bits per heavy atom. The lowest BCUT2D eigenvalue weighted by molar-refractivity contribution is 0.211. The zero-order chi connectivity index (χ0) is 22.0. The van der Waals surface area contributed by atoms with Gasteiger partial charge in [0.05, 0.1) is 11.6 Å². The number of rotatable bonds is 4. The number of nitriles is 1. The molecule has 158 valence electrons. The van der Waals surface area contributed by atoms with Gasteiger partial charge in [0.25, 0.3) is 0 Å². The Bertz CT molecular complexity index is 1050. The first-order chi connectivity index (χ1) is 15.0. The minimum absolute atomic E-state index is 0.106. The number of nitrogens with zero attached hydrogens (tertiary/aromatic N) is 4. The Morgan fingerprint density at radius 3 is 1.87 bits per heavy atom. The average molecular weight is 418 g/mol. The Balaban J connectivity index is 1.61. The summed E-state index contributed by atoms with van der Waals surface area (Å²) in [5, 5.41) is 9.61. The molecule has 0 N–H and O–H groups in total. The molecular weight excluding hydrogens is 394 g/mol. The highest BCUT2D eigenvalue weighted by Crippen LogP contribution is 2.31. The van der Waals surface area contributed by atoms with Gasteiger partial charge < -0.3 is 4.90 Å². The molecule has 1 aliphatic heterocycles. The van der Waals surface area contributed by atoms with E-state index < -0.39 is 0 Å². The van der Waals surface area contributed by atoms with Crippen LogP contribution in [0.4, 0.5) is 14.6 Å². The fourth-order valence-electron chi connectivity index (χ4n) is 4.28. The fourth-order valence-corrected chi connectivity index (χ4v) is 4.28. The van der Waals surface area contributed by atoms with Crippen LogP contribution in [-0.4, -0.2) is 36.1 Å². The van der Waals surface area contributed by atoms with Crippen LogP contribution in [0.1, 0.15) is 34.0 Å². The van der Waals surface area contributed by atoms with Gasteiger partial charge in [0.15, 0.2) is 0 Å². The molecule has 0 atom stereocenters. The van der Waals surface area contributed by atoms with E-state index >= 15 is 0 Å². The van der Waals surface area contributed by atoms with Crippen LogP contribution in [0.5, 0.6) is 0 Å². The summed E-state index contributed by atoms with van der Waals surface area (Å²) in [4.78, 5) is 9.10. The maximum absolute atomic E-state index is 13.5. The van der Waals surface area contributed by atoms with Crippen molar-refractivity contribution < 1.29 is 8.78 Å².